The number of hydrogen-bond donors (Lipinski definition) is 1. The quantitative estimate of drug-likeness (QED) is 0.637. The molecule has 0 aromatic heterocycles. The third kappa shape index (κ3) is 3.51. The number of hydrogen-bond acceptors (Lipinski definition) is 6. The topological polar surface area (TPSA) is 98.5 Å². The second-order valence-corrected chi connectivity index (χ2v) is 7.06. The third-order valence-corrected chi connectivity index (χ3v) is 4.57. The van der Waals surface area contributed by atoms with Gasteiger partial charge in [0.25, 0.3) is 0 Å². The van der Waals surface area contributed by atoms with Crippen LogP contribution in [0.5, 0.6) is 0 Å². The summed E-state index contributed by atoms with van der Waals surface area (Å²) in [7, 11) is -3.65. The third-order valence-electron chi connectivity index (χ3n) is 3.44. The molecular weight excluding hydrogens is 296 g/mol. The van der Waals surface area contributed by atoms with Crippen LogP contribution < -0.4 is 5.32 Å². The summed E-state index contributed by atoms with van der Waals surface area (Å²) in [5.41, 5.74) is -0.150. The van der Waals surface area contributed by atoms with Crippen LogP contribution in [0.2, 0.25) is 0 Å². The molecule has 1 aliphatic rings. The first-order valence-corrected chi connectivity index (χ1v) is 8.57. The summed E-state index contributed by atoms with van der Waals surface area (Å²) in [4.78, 5) is 10.3. The Morgan fingerprint density at radius 2 is 2.10 bits per heavy atom. The van der Waals surface area contributed by atoms with E-state index in [-0.39, 0.29) is 28.4 Å². The molecule has 0 atom stereocenters. The van der Waals surface area contributed by atoms with Crippen molar-refractivity contribution in [3.8, 4) is 0 Å². The summed E-state index contributed by atoms with van der Waals surface area (Å²) in [5.74, 6) is 0. The number of benzene rings is 1. The van der Waals surface area contributed by atoms with Gasteiger partial charge in [0.15, 0.2) is 9.84 Å². The van der Waals surface area contributed by atoms with E-state index >= 15 is 0 Å². The van der Waals surface area contributed by atoms with Crippen molar-refractivity contribution in [1.29, 1.82) is 0 Å². The maximum atomic E-state index is 11.7. The zero-order chi connectivity index (χ0) is 15.6. The highest BCUT2D eigenvalue weighted by atomic mass is 32.2. The first-order chi connectivity index (χ1) is 9.82. The molecule has 0 saturated heterocycles. The van der Waals surface area contributed by atoms with Crippen LogP contribution in [-0.4, -0.2) is 38.3 Å². The summed E-state index contributed by atoms with van der Waals surface area (Å²) in [6.07, 6.45) is 2.65. The largest absolute Gasteiger partial charge is 0.378 e. The molecule has 0 aliphatic heterocycles. The monoisotopic (exact) mass is 314 g/mol. The molecule has 0 amide bonds. The minimum atomic E-state index is -3.65. The highest BCUT2D eigenvalue weighted by Crippen LogP contribution is 2.35. The van der Waals surface area contributed by atoms with Crippen molar-refractivity contribution in [3.05, 3.63) is 28.3 Å². The van der Waals surface area contributed by atoms with Gasteiger partial charge in [-0.2, -0.15) is 0 Å². The zero-order valence-electron chi connectivity index (χ0n) is 11.9. The Morgan fingerprint density at radius 1 is 1.43 bits per heavy atom. The molecule has 1 aromatic rings. The molecule has 1 fully saturated rings. The molecule has 0 heterocycles. The molecule has 1 N–H and O–H groups in total. The van der Waals surface area contributed by atoms with E-state index in [0.29, 0.717) is 6.61 Å². The van der Waals surface area contributed by atoms with Gasteiger partial charge in [-0.25, -0.2) is 8.42 Å². The summed E-state index contributed by atoms with van der Waals surface area (Å²) >= 11 is 0. The Labute approximate surface area is 123 Å². The molecule has 116 valence electrons. The SMILES string of the molecule is CCOC1CC(Nc2cccc(S(C)(=O)=O)c2[N+](=O)[O-])C1. The smallest absolute Gasteiger partial charge is 0.310 e. The zero-order valence-corrected chi connectivity index (χ0v) is 12.7. The first-order valence-electron chi connectivity index (χ1n) is 6.68. The average molecular weight is 314 g/mol. The molecule has 7 nitrogen and oxygen atoms in total. The maximum Gasteiger partial charge on any atom is 0.310 e. The van der Waals surface area contributed by atoms with Crippen molar-refractivity contribution in [3.63, 3.8) is 0 Å². The second-order valence-electron chi connectivity index (χ2n) is 5.07. The van der Waals surface area contributed by atoms with E-state index in [0.717, 1.165) is 19.1 Å². The standard InChI is InChI=1S/C13H18N2O5S/c1-3-20-10-7-9(8-10)14-11-5-4-6-12(21(2,18)19)13(11)15(16)17/h4-6,9-10,14H,3,7-8H2,1-2H3. The Balaban J connectivity index is 2.23. The van der Waals surface area contributed by atoms with E-state index in [1.165, 1.54) is 18.2 Å². The van der Waals surface area contributed by atoms with Gasteiger partial charge in [0.2, 0.25) is 0 Å². The summed E-state index contributed by atoms with van der Waals surface area (Å²) in [6, 6.07) is 4.35. The number of rotatable bonds is 6. The van der Waals surface area contributed by atoms with Gasteiger partial charge < -0.3 is 10.1 Å². The van der Waals surface area contributed by atoms with E-state index in [2.05, 4.69) is 5.32 Å². The van der Waals surface area contributed by atoms with Crippen molar-refractivity contribution in [1.82, 2.24) is 0 Å². The average Bonchev–Trinajstić information content (AvgIpc) is 2.34. The van der Waals surface area contributed by atoms with Crippen LogP contribution in [0.1, 0.15) is 19.8 Å². The fourth-order valence-electron chi connectivity index (χ4n) is 2.40. The predicted molar refractivity (Wildman–Crippen MR) is 78.3 cm³/mol. The van der Waals surface area contributed by atoms with Crippen LogP contribution in [0.25, 0.3) is 0 Å². The molecule has 0 unspecified atom stereocenters. The molecule has 21 heavy (non-hydrogen) atoms. The Bertz CT molecular complexity index is 638. The number of anilines is 1. The highest BCUT2D eigenvalue weighted by Gasteiger charge is 2.32. The van der Waals surface area contributed by atoms with Crippen LogP contribution >= 0.6 is 0 Å². The maximum absolute atomic E-state index is 11.7. The summed E-state index contributed by atoms with van der Waals surface area (Å²) in [6.45, 7) is 2.56. The summed E-state index contributed by atoms with van der Waals surface area (Å²) < 4.78 is 28.8. The van der Waals surface area contributed by atoms with E-state index in [4.69, 9.17) is 4.74 Å². The van der Waals surface area contributed by atoms with Crippen LogP contribution in [0.4, 0.5) is 11.4 Å². The first kappa shape index (κ1) is 15.7. The molecule has 1 aliphatic carbocycles. The highest BCUT2D eigenvalue weighted by molar-refractivity contribution is 7.90. The minimum Gasteiger partial charge on any atom is -0.378 e. The number of ether oxygens (including phenoxy) is 1. The number of nitro groups is 1. The number of nitrogens with zero attached hydrogens (tertiary/aromatic N) is 1. The van der Waals surface area contributed by atoms with Crippen molar-refractivity contribution >= 4 is 21.2 Å². The fraction of sp³-hybridized carbons (Fsp3) is 0.538. The molecule has 1 saturated carbocycles. The van der Waals surface area contributed by atoms with Gasteiger partial charge in [0, 0.05) is 18.9 Å². The Kier molecular flexibility index (Phi) is 4.48. The van der Waals surface area contributed by atoms with Gasteiger partial charge in [-0.15, -0.1) is 0 Å². The van der Waals surface area contributed by atoms with Gasteiger partial charge in [-0.05, 0) is 31.9 Å². The number of nitrogens with one attached hydrogen (secondary N) is 1. The predicted octanol–water partition coefficient (Wildman–Crippen LogP) is 1.98. The molecule has 2 rings (SSSR count). The van der Waals surface area contributed by atoms with Crippen LogP contribution in [0.3, 0.4) is 0 Å². The van der Waals surface area contributed by atoms with E-state index in [9.17, 15) is 18.5 Å². The lowest BCUT2D eigenvalue weighted by Gasteiger charge is -2.35. The molecular formula is C13H18N2O5S. The normalized spacial score (nSPS) is 21.6. The Hall–Kier alpha value is -1.67. The van der Waals surface area contributed by atoms with Crippen molar-refractivity contribution < 1.29 is 18.1 Å². The van der Waals surface area contributed by atoms with Gasteiger partial charge in [0.1, 0.15) is 10.6 Å². The van der Waals surface area contributed by atoms with E-state index < -0.39 is 14.8 Å². The van der Waals surface area contributed by atoms with E-state index in [1.807, 2.05) is 6.92 Å². The van der Waals surface area contributed by atoms with Crippen LogP contribution in [-0.2, 0) is 14.6 Å². The lowest BCUT2D eigenvalue weighted by Crippen LogP contribution is -2.41. The number of para-hydroxylation sites is 1. The van der Waals surface area contributed by atoms with Gasteiger partial charge in [-0.3, -0.25) is 10.1 Å². The summed E-state index contributed by atoms with van der Waals surface area (Å²) in [5, 5.41) is 14.3. The lowest BCUT2D eigenvalue weighted by atomic mass is 9.89. The van der Waals surface area contributed by atoms with Crippen LogP contribution in [0, 0.1) is 10.1 Å². The molecule has 0 radical (unpaired) electrons. The Morgan fingerprint density at radius 3 is 2.62 bits per heavy atom. The molecule has 0 bridgehead atoms. The number of nitro benzene ring substituents is 1. The lowest BCUT2D eigenvalue weighted by molar-refractivity contribution is -0.386. The number of sulfone groups is 1. The van der Waals surface area contributed by atoms with Gasteiger partial charge in [0.05, 0.1) is 11.0 Å². The van der Waals surface area contributed by atoms with Gasteiger partial charge in [-0.1, -0.05) is 6.07 Å². The fourth-order valence-corrected chi connectivity index (χ4v) is 3.26. The van der Waals surface area contributed by atoms with Gasteiger partial charge >= 0.3 is 5.69 Å². The van der Waals surface area contributed by atoms with Crippen molar-refractivity contribution in [2.24, 2.45) is 0 Å². The second kappa shape index (κ2) is 5.98. The van der Waals surface area contributed by atoms with E-state index in [1.54, 1.807) is 0 Å². The minimum absolute atomic E-state index is 0.0649. The molecule has 0 spiro atoms. The van der Waals surface area contributed by atoms with Crippen molar-refractivity contribution in [2.75, 3.05) is 18.2 Å². The van der Waals surface area contributed by atoms with Crippen molar-refractivity contribution in [2.45, 2.75) is 36.8 Å². The molecule has 8 heteroatoms. The van der Waals surface area contributed by atoms with Crippen LogP contribution in [0.15, 0.2) is 23.1 Å². The molecule has 1 aromatic carbocycles.